The van der Waals surface area contributed by atoms with Crippen molar-refractivity contribution >= 4 is 71.6 Å². The minimum absolute atomic E-state index is 0.565. The summed E-state index contributed by atoms with van der Waals surface area (Å²) < 4.78 is 12.5. The summed E-state index contributed by atoms with van der Waals surface area (Å²) in [5.74, 6) is 0.565. The number of benzene rings is 9. The third kappa shape index (κ3) is 5.43. The summed E-state index contributed by atoms with van der Waals surface area (Å²) in [6.45, 7) is 0. The Labute approximate surface area is 317 Å². The van der Waals surface area contributed by atoms with Crippen LogP contribution in [0.5, 0.6) is 0 Å². The number of hydrogen-bond donors (Lipinski definition) is 0. The Morgan fingerprint density at radius 3 is 1.82 bits per heavy atom. The molecule has 0 spiro atoms. The maximum absolute atomic E-state index is 6.36. The van der Waals surface area contributed by atoms with E-state index in [4.69, 9.17) is 13.8 Å². The van der Waals surface area contributed by atoms with Crippen molar-refractivity contribution in [2.24, 2.45) is 0 Å². The summed E-state index contributed by atoms with van der Waals surface area (Å²) in [6.07, 6.45) is 0. The van der Waals surface area contributed by atoms with Crippen LogP contribution in [0.4, 0.5) is 17.1 Å². The number of oxazole rings is 1. The van der Waals surface area contributed by atoms with Crippen molar-refractivity contribution in [3.05, 3.63) is 194 Å². The van der Waals surface area contributed by atoms with E-state index in [0.717, 1.165) is 66.8 Å². The van der Waals surface area contributed by atoms with Gasteiger partial charge < -0.3 is 13.7 Å². The highest BCUT2D eigenvalue weighted by atomic mass is 16.3. The molecule has 0 atom stereocenters. The largest absolute Gasteiger partial charge is 0.456 e. The van der Waals surface area contributed by atoms with Crippen molar-refractivity contribution < 1.29 is 8.83 Å². The lowest BCUT2D eigenvalue weighted by Gasteiger charge is -2.26. The zero-order valence-electron chi connectivity index (χ0n) is 29.7. The van der Waals surface area contributed by atoms with Gasteiger partial charge in [-0.25, -0.2) is 4.98 Å². The van der Waals surface area contributed by atoms with Crippen LogP contribution in [-0.2, 0) is 0 Å². The van der Waals surface area contributed by atoms with E-state index in [1.165, 1.54) is 32.7 Å². The molecule has 0 aliphatic rings. The van der Waals surface area contributed by atoms with E-state index in [9.17, 15) is 0 Å². The smallest absolute Gasteiger partial charge is 0.227 e. The van der Waals surface area contributed by atoms with Gasteiger partial charge in [0, 0.05) is 39.0 Å². The van der Waals surface area contributed by atoms with Gasteiger partial charge in [0.2, 0.25) is 5.89 Å². The number of nitrogens with zero attached hydrogens (tertiary/aromatic N) is 2. The monoisotopic (exact) mass is 704 g/mol. The van der Waals surface area contributed by atoms with Crippen LogP contribution in [-0.4, -0.2) is 4.98 Å². The Morgan fingerprint density at radius 2 is 0.964 bits per heavy atom. The fourth-order valence-corrected chi connectivity index (χ4v) is 7.91. The second-order valence-corrected chi connectivity index (χ2v) is 14.0. The van der Waals surface area contributed by atoms with Gasteiger partial charge >= 0.3 is 0 Å². The summed E-state index contributed by atoms with van der Waals surface area (Å²) in [6, 6.07) is 68.4. The van der Waals surface area contributed by atoms with Gasteiger partial charge in [-0.1, -0.05) is 121 Å². The van der Waals surface area contributed by atoms with Crippen molar-refractivity contribution in [1.29, 1.82) is 0 Å². The molecule has 0 saturated heterocycles. The van der Waals surface area contributed by atoms with Gasteiger partial charge in [0.15, 0.2) is 5.58 Å². The van der Waals surface area contributed by atoms with E-state index in [-0.39, 0.29) is 0 Å². The SMILES string of the molecule is c1cc(-c2ccc3ccccc3c2)cc(N(c2ccc(-c3cccc4oc(-c5ccc6c(c5)oc5ccccc56)nc34)cc2)c2ccc3ccccc3c2)c1. The second kappa shape index (κ2) is 12.6. The summed E-state index contributed by atoms with van der Waals surface area (Å²) in [5, 5.41) is 7.05. The molecule has 0 aliphatic heterocycles. The van der Waals surface area contributed by atoms with Crippen LogP contribution in [0.1, 0.15) is 0 Å². The minimum atomic E-state index is 0.565. The van der Waals surface area contributed by atoms with E-state index >= 15 is 0 Å². The first-order chi connectivity index (χ1) is 27.2. The fourth-order valence-electron chi connectivity index (χ4n) is 7.91. The van der Waals surface area contributed by atoms with Crippen LogP contribution < -0.4 is 4.90 Å². The Morgan fingerprint density at radius 1 is 0.345 bits per heavy atom. The molecule has 2 aromatic heterocycles. The normalized spacial score (nSPS) is 11.6. The molecule has 4 heteroatoms. The van der Waals surface area contributed by atoms with Crippen LogP contribution in [0.15, 0.2) is 203 Å². The van der Waals surface area contributed by atoms with E-state index in [2.05, 4.69) is 163 Å². The van der Waals surface area contributed by atoms with E-state index in [1.54, 1.807) is 0 Å². The van der Waals surface area contributed by atoms with Gasteiger partial charge in [0.1, 0.15) is 16.7 Å². The highest BCUT2D eigenvalue weighted by Gasteiger charge is 2.18. The summed E-state index contributed by atoms with van der Waals surface area (Å²) in [5.41, 5.74) is 11.8. The molecular formula is C51H32N2O2. The third-order valence-electron chi connectivity index (χ3n) is 10.7. The van der Waals surface area contributed by atoms with Crippen molar-refractivity contribution in [3.63, 3.8) is 0 Å². The van der Waals surface area contributed by atoms with Crippen molar-refractivity contribution in [2.75, 3.05) is 4.90 Å². The molecule has 11 rings (SSSR count). The molecule has 2 heterocycles. The van der Waals surface area contributed by atoms with Crippen molar-refractivity contribution in [3.8, 4) is 33.7 Å². The second-order valence-electron chi connectivity index (χ2n) is 14.0. The first-order valence-corrected chi connectivity index (χ1v) is 18.5. The molecule has 4 nitrogen and oxygen atoms in total. The van der Waals surface area contributed by atoms with Crippen LogP contribution >= 0.6 is 0 Å². The Kier molecular flexibility index (Phi) is 7.14. The van der Waals surface area contributed by atoms with E-state index in [0.29, 0.717) is 5.89 Å². The number of furan rings is 1. The maximum atomic E-state index is 6.36. The average Bonchev–Trinajstić information content (AvgIpc) is 3.86. The quantitative estimate of drug-likeness (QED) is 0.173. The molecule has 0 fully saturated rings. The highest BCUT2D eigenvalue weighted by Crippen LogP contribution is 2.40. The molecule has 0 bridgehead atoms. The topological polar surface area (TPSA) is 42.4 Å². The zero-order chi connectivity index (χ0) is 36.3. The molecule has 258 valence electrons. The number of aromatic nitrogens is 1. The number of anilines is 3. The lowest BCUT2D eigenvalue weighted by atomic mass is 10.00. The zero-order valence-corrected chi connectivity index (χ0v) is 29.7. The third-order valence-corrected chi connectivity index (χ3v) is 10.7. The number of rotatable bonds is 6. The first-order valence-electron chi connectivity index (χ1n) is 18.5. The summed E-state index contributed by atoms with van der Waals surface area (Å²) in [7, 11) is 0. The summed E-state index contributed by atoms with van der Waals surface area (Å²) in [4.78, 5) is 7.38. The van der Waals surface area contributed by atoms with Crippen LogP contribution in [0.2, 0.25) is 0 Å². The summed E-state index contributed by atoms with van der Waals surface area (Å²) >= 11 is 0. The lowest BCUT2D eigenvalue weighted by molar-refractivity contribution is 0.619. The standard InChI is InChI=1S/C51H32N2O2/c1-3-11-36-29-39(20-19-33(36)9-1)38-13-7-14-42(31-38)53(43-27-21-34-10-2-4-12-37(34)30-43)41-25-22-35(23-26-41)44-16-8-18-48-50(44)52-51(55-48)40-24-28-46-45-15-5-6-17-47(45)54-49(46)32-40/h1-32H. The number of fused-ring (bicyclic) bond motifs is 6. The van der Waals surface area contributed by atoms with E-state index in [1.807, 2.05) is 36.4 Å². The molecule has 11 aromatic rings. The Bertz CT molecular complexity index is 3230. The molecular weight excluding hydrogens is 673 g/mol. The van der Waals surface area contributed by atoms with Crippen LogP contribution in [0.3, 0.4) is 0 Å². The minimum Gasteiger partial charge on any atom is -0.456 e. The number of para-hydroxylation sites is 2. The molecule has 0 radical (unpaired) electrons. The Hall–Kier alpha value is -7.43. The van der Waals surface area contributed by atoms with Crippen molar-refractivity contribution in [2.45, 2.75) is 0 Å². The molecule has 0 N–H and O–H groups in total. The lowest BCUT2D eigenvalue weighted by Crippen LogP contribution is -2.10. The first kappa shape index (κ1) is 31.1. The Balaban J connectivity index is 0.984. The van der Waals surface area contributed by atoms with E-state index < -0.39 is 0 Å². The van der Waals surface area contributed by atoms with Gasteiger partial charge in [-0.05, 0) is 111 Å². The predicted molar refractivity (Wildman–Crippen MR) is 227 cm³/mol. The van der Waals surface area contributed by atoms with Crippen LogP contribution in [0.25, 0.3) is 88.3 Å². The molecule has 0 aliphatic carbocycles. The van der Waals surface area contributed by atoms with Gasteiger partial charge in [-0.3, -0.25) is 0 Å². The maximum Gasteiger partial charge on any atom is 0.227 e. The van der Waals surface area contributed by atoms with Crippen molar-refractivity contribution in [1.82, 2.24) is 4.98 Å². The fraction of sp³-hybridized carbons (Fsp3) is 0. The van der Waals surface area contributed by atoms with Gasteiger partial charge in [-0.15, -0.1) is 0 Å². The highest BCUT2D eigenvalue weighted by molar-refractivity contribution is 6.06. The average molecular weight is 705 g/mol. The molecule has 0 amide bonds. The molecule has 0 saturated carbocycles. The van der Waals surface area contributed by atoms with Gasteiger partial charge in [0.05, 0.1) is 0 Å². The predicted octanol–water partition coefficient (Wildman–Crippen LogP) is 14.5. The number of hydrogen-bond acceptors (Lipinski definition) is 4. The van der Waals surface area contributed by atoms with Gasteiger partial charge in [-0.2, -0.15) is 0 Å². The van der Waals surface area contributed by atoms with Crippen LogP contribution in [0, 0.1) is 0 Å². The molecule has 55 heavy (non-hydrogen) atoms. The molecule has 9 aromatic carbocycles. The molecule has 0 unspecified atom stereocenters. The van der Waals surface area contributed by atoms with Gasteiger partial charge in [0.25, 0.3) is 0 Å².